The first-order chi connectivity index (χ1) is 9.95. The molecule has 0 radical (unpaired) electrons. The van der Waals surface area contributed by atoms with Crippen molar-refractivity contribution in [3.05, 3.63) is 59.1 Å². The van der Waals surface area contributed by atoms with Crippen LogP contribution in [0.15, 0.2) is 53.4 Å². The molecule has 0 amide bonds. The van der Waals surface area contributed by atoms with Gasteiger partial charge in [0.1, 0.15) is 10.6 Å². The number of benzene rings is 2. The van der Waals surface area contributed by atoms with Gasteiger partial charge in [0.15, 0.2) is 0 Å². The van der Waals surface area contributed by atoms with Crippen LogP contribution in [0.2, 0.25) is 5.02 Å². The molecular formula is C15H16ClNO3S. The van der Waals surface area contributed by atoms with Crippen molar-refractivity contribution in [3.8, 4) is 5.75 Å². The maximum atomic E-state index is 12.4. The lowest BCUT2D eigenvalue weighted by atomic mass is 10.1. The molecule has 0 aliphatic carbocycles. The highest BCUT2D eigenvalue weighted by molar-refractivity contribution is 7.89. The molecule has 0 saturated heterocycles. The normalized spacial score (nSPS) is 12.9. The number of ether oxygens (including phenoxy) is 1. The number of rotatable bonds is 5. The van der Waals surface area contributed by atoms with Crippen LogP contribution in [0, 0.1) is 0 Å². The molecule has 0 saturated carbocycles. The number of para-hydroxylation sites is 1. The fraction of sp³-hybridized carbons (Fsp3) is 0.200. The van der Waals surface area contributed by atoms with Gasteiger partial charge in [-0.25, -0.2) is 13.1 Å². The van der Waals surface area contributed by atoms with Crippen molar-refractivity contribution in [2.45, 2.75) is 17.9 Å². The first-order valence-corrected chi connectivity index (χ1v) is 8.21. The second-order valence-corrected chi connectivity index (χ2v) is 6.60. The van der Waals surface area contributed by atoms with E-state index in [0.717, 1.165) is 5.56 Å². The molecular weight excluding hydrogens is 310 g/mol. The Morgan fingerprint density at radius 3 is 2.38 bits per heavy atom. The third kappa shape index (κ3) is 3.56. The average Bonchev–Trinajstić information content (AvgIpc) is 2.47. The topological polar surface area (TPSA) is 55.4 Å². The molecule has 2 aromatic rings. The number of sulfonamides is 1. The van der Waals surface area contributed by atoms with Crippen LogP contribution in [0.5, 0.6) is 5.75 Å². The van der Waals surface area contributed by atoms with Gasteiger partial charge in [-0.2, -0.15) is 0 Å². The van der Waals surface area contributed by atoms with Crippen molar-refractivity contribution in [2.75, 3.05) is 7.11 Å². The highest BCUT2D eigenvalue weighted by Crippen LogP contribution is 2.27. The monoisotopic (exact) mass is 325 g/mol. The number of methoxy groups -OCH3 is 1. The zero-order valence-electron chi connectivity index (χ0n) is 11.7. The van der Waals surface area contributed by atoms with Crippen molar-refractivity contribution >= 4 is 21.6 Å². The Kier molecular flexibility index (Phi) is 4.88. The molecule has 0 fully saturated rings. The summed E-state index contributed by atoms with van der Waals surface area (Å²) >= 11 is 5.95. The van der Waals surface area contributed by atoms with Crippen molar-refractivity contribution in [3.63, 3.8) is 0 Å². The first kappa shape index (κ1) is 15.8. The summed E-state index contributed by atoms with van der Waals surface area (Å²) in [5, 5.41) is 0.192. The van der Waals surface area contributed by atoms with Gasteiger partial charge in [0.2, 0.25) is 10.0 Å². The molecule has 0 aromatic heterocycles. The van der Waals surface area contributed by atoms with Gasteiger partial charge in [-0.15, -0.1) is 0 Å². The van der Waals surface area contributed by atoms with Crippen molar-refractivity contribution < 1.29 is 13.2 Å². The van der Waals surface area contributed by atoms with Crippen molar-refractivity contribution in [2.24, 2.45) is 0 Å². The predicted molar refractivity (Wildman–Crippen MR) is 83.2 cm³/mol. The minimum absolute atomic E-state index is 0.0633. The van der Waals surface area contributed by atoms with Gasteiger partial charge in [0, 0.05) is 11.6 Å². The molecule has 0 heterocycles. The van der Waals surface area contributed by atoms with E-state index in [1.54, 1.807) is 38.3 Å². The Balaban J connectivity index is 2.31. The molecule has 0 unspecified atom stereocenters. The molecule has 1 atom stereocenters. The van der Waals surface area contributed by atoms with E-state index in [9.17, 15) is 8.42 Å². The summed E-state index contributed by atoms with van der Waals surface area (Å²) in [6.45, 7) is 1.76. The number of hydrogen-bond acceptors (Lipinski definition) is 3. The summed E-state index contributed by atoms with van der Waals surface area (Å²) in [4.78, 5) is 0.0633. The van der Waals surface area contributed by atoms with Crippen molar-refractivity contribution in [1.82, 2.24) is 4.72 Å². The Labute approximate surface area is 129 Å². The van der Waals surface area contributed by atoms with Crippen LogP contribution in [-0.2, 0) is 10.0 Å². The first-order valence-electron chi connectivity index (χ1n) is 6.35. The lowest BCUT2D eigenvalue weighted by Crippen LogP contribution is -2.27. The zero-order valence-corrected chi connectivity index (χ0v) is 13.3. The van der Waals surface area contributed by atoms with Crippen molar-refractivity contribution in [1.29, 1.82) is 0 Å². The van der Waals surface area contributed by atoms with Crippen LogP contribution >= 0.6 is 11.6 Å². The lowest BCUT2D eigenvalue weighted by Gasteiger charge is -2.17. The predicted octanol–water partition coefficient (Wildman–Crippen LogP) is 3.39. The Hall–Kier alpha value is -1.56. The zero-order chi connectivity index (χ0) is 15.5. The van der Waals surface area contributed by atoms with Crippen LogP contribution in [0.4, 0.5) is 0 Å². The summed E-state index contributed by atoms with van der Waals surface area (Å²) in [5.74, 6) is 0.631. The molecule has 1 N–H and O–H groups in total. The van der Waals surface area contributed by atoms with Gasteiger partial charge < -0.3 is 4.74 Å². The standard InChI is InChI=1S/C15H16ClNO3S/c1-11(12-7-3-5-9-14(12)20-2)17-21(18,19)15-10-6-4-8-13(15)16/h3-11,17H,1-2H3/t11-/m0/s1. The highest BCUT2D eigenvalue weighted by Gasteiger charge is 2.22. The third-order valence-electron chi connectivity index (χ3n) is 3.06. The molecule has 4 nitrogen and oxygen atoms in total. The molecule has 0 aliphatic heterocycles. The van der Waals surface area contributed by atoms with E-state index < -0.39 is 16.1 Å². The quantitative estimate of drug-likeness (QED) is 0.916. The van der Waals surface area contributed by atoms with E-state index in [0.29, 0.717) is 5.75 Å². The molecule has 112 valence electrons. The van der Waals surface area contributed by atoms with Crippen LogP contribution in [0.1, 0.15) is 18.5 Å². The van der Waals surface area contributed by atoms with E-state index in [1.165, 1.54) is 6.07 Å². The molecule has 2 rings (SSSR count). The minimum atomic E-state index is -3.70. The van der Waals surface area contributed by atoms with E-state index in [-0.39, 0.29) is 9.92 Å². The van der Waals surface area contributed by atoms with Gasteiger partial charge in [-0.1, -0.05) is 41.9 Å². The van der Waals surface area contributed by atoms with Crippen LogP contribution < -0.4 is 9.46 Å². The minimum Gasteiger partial charge on any atom is -0.496 e. The smallest absolute Gasteiger partial charge is 0.242 e. The summed E-state index contributed by atoms with van der Waals surface area (Å²) in [6.07, 6.45) is 0. The summed E-state index contributed by atoms with van der Waals surface area (Å²) < 4.78 is 32.7. The fourth-order valence-corrected chi connectivity index (χ4v) is 3.79. The second kappa shape index (κ2) is 6.47. The van der Waals surface area contributed by atoms with Crippen LogP contribution in [-0.4, -0.2) is 15.5 Å². The lowest BCUT2D eigenvalue weighted by molar-refractivity contribution is 0.405. The van der Waals surface area contributed by atoms with Gasteiger partial charge in [-0.05, 0) is 25.1 Å². The number of hydrogen-bond donors (Lipinski definition) is 1. The summed E-state index contributed by atoms with van der Waals surface area (Å²) in [6, 6.07) is 13.2. The van der Waals surface area contributed by atoms with Gasteiger partial charge >= 0.3 is 0 Å². The second-order valence-electron chi connectivity index (χ2n) is 4.52. The average molecular weight is 326 g/mol. The van der Waals surface area contributed by atoms with E-state index in [1.807, 2.05) is 18.2 Å². The van der Waals surface area contributed by atoms with E-state index in [4.69, 9.17) is 16.3 Å². The molecule has 0 aliphatic rings. The molecule has 6 heteroatoms. The maximum Gasteiger partial charge on any atom is 0.242 e. The van der Waals surface area contributed by atoms with Gasteiger partial charge in [0.25, 0.3) is 0 Å². The molecule has 2 aromatic carbocycles. The number of halogens is 1. The maximum absolute atomic E-state index is 12.4. The largest absolute Gasteiger partial charge is 0.496 e. The Morgan fingerprint density at radius 1 is 1.10 bits per heavy atom. The molecule has 0 spiro atoms. The van der Waals surface area contributed by atoms with Gasteiger partial charge in [0.05, 0.1) is 12.1 Å². The Morgan fingerprint density at radius 2 is 1.71 bits per heavy atom. The fourth-order valence-electron chi connectivity index (χ4n) is 2.05. The third-order valence-corrected chi connectivity index (χ3v) is 5.10. The van der Waals surface area contributed by atoms with Gasteiger partial charge in [-0.3, -0.25) is 0 Å². The summed E-state index contributed by atoms with van der Waals surface area (Å²) in [5.41, 5.74) is 0.760. The highest BCUT2D eigenvalue weighted by atomic mass is 35.5. The number of nitrogens with one attached hydrogen (secondary N) is 1. The summed E-state index contributed by atoms with van der Waals surface area (Å²) in [7, 11) is -2.15. The van der Waals surface area contributed by atoms with Crippen LogP contribution in [0.25, 0.3) is 0 Å². The van der Waals surface area contributed by atoms with Crippen LogP contribution in [0.3, 0.4) is 0 Å². The Bertz CT molecular complexity index is 731. The van der Waals surface area contributed by atoms with E-state index >= 15 is 0 Å². The molecule has 0 bridgehead atoms. The SMILES string of the molecule is COc1ccccc1[C@H](C)NS(=O)(=O)c1ccccc1Cl. The van der Waals surface area contributed by atoms with E-state index in [2.05, 4.69) is 4.72 Å². The molecule has 21 heavy (non-hydrogen) atoms.